The average Bonchev–Trinajstić information content (AvgIpc) is 2.63. The van der Waals surface area contributed by atoms with Crippen LogP contribution in [0.1, 0.15) is 18.9 Å². The average molecular weight is 411 g/mol. The van der Waals surface area contributed by atoms with Gasteiger partial charge in [0.25, 0.3) is 0 Å². The van der Waals surface area contributed by atoms with Gasteiger partial charge in [-0.3, -0.25) is 4.79 Å². The van der Waals surface area contributed by atoms with E-state index in [1.54, 1.807) is 17.9 Å². The molecule has 3 heterocycles. The van der Waals surface area contributed by atoms with Crippen LogP contribution in [0.15, 0.2) is 18.2 Å². The van der Waals surface area contributed by atoms with E-state index >= 15 is 0 Å². The van der Waals surface area contributed by atoms with Crippen molar-refractivity contribution in [2.75, 3.05) is 56.6 Å². The number of carbonyl (C=O) groups excluding carboxylic acids is 1. The lowest BCUT2D eigenvalue weighted by Crippen LogP contribution is -2.57. The number of piperazine rings is 1. The molecule has 1 spiro atoms. The Kier molecular flexibility index (Phi) is 5.09. The highest BCUT2D eigenvalue weighted by Gasteiger charge is 2.47. The van der Waals surface area contributed by atoms with Crippen LogP contribution in [0.2, 0.25) is 0 Å². The van der Waals surface area contributed by atoms with Crippen LogP contribution in [0.25, 0.3) is 0 Å². The van der Waals surface area contributed by atoms with Gasteiger partial charge in [0.05, 0.1) is 19.0 Å². The monoisotopic (exact) mass is 411 g/mol. The zero-order chi connectivity index (χ0) is 19.9. The summed E-state index contributed by atoms with van der Waals surface area (Å²) >= 11 is 0. The Bertz CT molecular complexity index is 864. The van der Waals surface area contributed by atoms with E-state index in [-0.39, 0.29) is 23.6 Å². The molecule has 3 aliphatic rings. The molecule has 3 aliphatic heterocycles. The van der Waals surface area contributed by atoms with E-state index in [0.717, 1.165) is 5.69 Å². The van der Waals surface area contributed by atoms with Crippen LogP contribution in [0.5, 0.6) is 0 Å². The maximum atomic E-state index is 14.8. The van der Waals surface area contributed by atoms with Crippen molar-refractivity contribution in [1.29, 1.82) is 0 Å². The summed E-state index contributed by atoms with van der Waals surface area (Å²) in [5.41, 5.74) is 1.04. The van der Waals surface area contributed by atoms with Crippen molar-refractivity contribution >= 4 is 21.6 Å². The number of nitrogens with zero attached hydrogens (tertiary/aromatic N) is 3. The fraction of sp³-hybridized carbons (Fsp3) is 0.632. The minimum Gasteiger partial charge on any atom is -0.380 e. The molecule has 0 saturated carbocycles. The van der Waals surface area contributed by atoms with Gasteiger partial charge in [0.2, 0.25) is 15.9 Å². The predicted octanol–water partition coefficient (Wildman–Crippen LogP) is 1.05. The van der Waals surface area contributed by atoms with E-state index in [0.29, 0.717) is 57.9 Å². The number of halogens is 1. The number of hydrogen-bond acceptors (Lipinski definition) is 5. The Hall–Kier alpha value is -1.71. The molecule has 0 aliphatic carbocycles. The minimum atomic E-state index is -3.37. The van der Waals surface area contributed by atoms with E-state index in [4.69, 9.17) is 4.74 Å². The number of carbonyl (C=O) groups is 1. The molecule has 0 unspecified atom stereocenters. The van der Waals surface area contributed by atoms with Crippen LogP contribution in [-0.4, -0.2) is 75.2 Å². The van der Waals surface area contributed by atoms with Gasteiger partial charge in [0, 0.05) is 62.9 Å². The van der Waals surface area contributed by atoms with Crippen LogP contribution in [0.3, 0.4) is 0 Å². The first-order chi connectivity index (χ1) is 13.3. The highest BCUT2D eigenvalue weighted by molar-refractivity contribution is 7.89. The second-order valence-corrected chi connectivity index (χ2v) is 10.2. The van der Waals surface area contributed by atoms with Crippen LogP contribution in [0.4, 0.5) is 10.1 Å². The molecule has 3 saturated heterocycles. The predicted molar refractivity (Wildman–Crippen MR) is 103 cm³/mol. The molecule has 4 rings (SSSR count). The maximum absolute atomic E-state index is 14.8. The molecule has 0 atom stereocenters. The van der Waals surface area contributed by atoms with Crippen LogP contribution >= 0.6 is 0 Å². The quantitative estimate of drug-likeness (QED) is 0.744. The van der Waals surface area contributed by atoms with E-state index < -0.39 is 15.8 Å². The van der Waals surface area contributed by atoms with E-state index in [9.17, 15) is 17.6 Å². The Labute approximate surface area is 165 Å². The molecule has 0 radical (unpaired) electrons. The van der Waals surface area contributed by atoms with Crippen molar-refractivity contribution in [3.8, 4) is 0 Å². The number of benzene rings is 1. The molecule has 1 aromatic rings. The lowest BCUT2D eigenvalue weighted by molar-refractivity contribution is -0.129. The second-order valence-electron chi connectivity index (χ2n) is 8.10. The minimum absolute atomic E-state index is 0.0499. The zero-order valence-electron chi connectivity index (χ0n) is 16.1. The number of anilines is 1. The molecular formula is C19H26FN3O4S. The number of hydrogen-bond donors (Lipinski definition) is 0. The first-order valence-corrected chi connectivity index (χ1v) is 11.2. The standard InChI is InChI=1S/C19H26FN3O4S/c1-15(24)21-5-7-22(8-6-21)17-3-2-16(18(20)10-17)11-23-12-19(13-27-14-19)4-9-28(23,25)26/h2-3,10H,4-9,11-14H2,1H3. The summed E-state index contributed by atoms with van der Waals surface area (Å²) < 4.78 is 46.4. The molecular weight excluding hydrogens is 385 g/mol. The molecule has 28 heavy (non-hydrogen) atoms. The van der Waals surface area contributed by atoms with E-state index in [1.807, 2.05) is 11.0 Å². The molecule has 0 bridgehead atoms. The topological polar surface area (TPSA) is 70.2 Å². The van der Waals surface area contributed by atoms with E-state index in [2.05, 4.69) is 0 Å². The molecule has 7 nitrogen and oxygen atoms in total. The lowest BCUT2D eigenvalue weighted by atomic mass is 9.83. The normalized spacial score (nSPS) is 24.2. The van der Waals surface area contributed by atoms with Crippen molar-refractivity contribution in [2.24, 2.45) is 5.41 Å². The molecule has 0 aromatic heterocycles. The molecule has 1 amide bonds. The fourth-order valence-corrected chi connectivity index (χ4v) is 5.89. The number of sulfonamides is 1. The number of rotatable bonds is 3. The summed E-state index contributed by atoms with van der Waals surface area (Å²) in [5, 5.41) is 0. The summed E-state index contributed by atoms with van der Waals surface area (Å²) in [5.74, 6) is -0.249. The van der Waals surface area contributed by atoms with Gasteiger partial charge in [-0.15, -0.1) is 0 Å². The van der Waals surface area contributed by atoms with E-state index in [1.165, 1.54) is 10.4 Å². The van der Waals surface area contributed by atoms with Crippen LogP contribution < -0.4 is 4.90 Å². The van der Waals surface area contributed by atoms with Crippen molar-refractivity contribution in [3.63, 3.8) is 0 Å². The highest BCUT2D eigenvalue weighted by atomic mass is 32.2. The second kappa shape index (κ2) is 7.27. The lowest BCUT2D eigenvalue weighted by Gasteiger charge is -2.47. The summed E-state index contributed by atoms with van der Waals surface area (Å²) in [6.45, 7) is 5.70. The van der Waals surface area contributed by atoms with Crippen molar-refractivity contribution in [2.45, 2.75) is 19.9 Å². The van der Waals surface area contributed by atoms with Crippen LogP contribution in [0, 0.1) is 11.2 Å². The third kappa shape index (κ3) is 3.75. The van der Waals surface area contributed by atoms with Crippen molar-refractivity contribution in [3.05, 3.63) is 29.6 Å². The van der Waals surface area contributed by atoms with Gasteiger partial charge in [0.15, 0.2) is 0 Å². The van der Waals surface area contributed by atoms with Gasteiger partial charge >= 0.3 is 0 Å². The molecule has 0 N–H and O–H groups in total. The zero-order valence-corrected chi connectivity index (χ0v) is 16.9. The summed E-state index contributed by atoms with van der Waals surface area (Å²) in [6.07, 6.45) is 0.611. The Morgan fingerprint density at radius 2 is 1.93 bits per heavy atom. The maximum Gasteiger partial charge on any atom is 0.219 e. The third-order valence-electron chi connectivity index (χ3n) is 6.09. The first kappa shape index (κ1) is 19.6. The third-order valence-corrected chi connectivity index (χ3v) is 7.85. The molecule has 9 heteroatoms. The largest absolute Gasteiger partial charge is 0.380 e. The van der Waals surface area contributed by atoms with Gasteiger partial charge in [-0.05, 0) is 18.6 Å². The first-order valence-electron chi connectivity index (χ1n) is 9.63. The Balaban J connectivity index is 1.45. The fourth-order valence-electron chi connectivity index (χ4n) is 4.14. The van der Waals surface area contributed by atoms with Gasteiger partial charge in [-0.1, -0.05) is 6.07 Å². The van der Waals surface area contributed by atoms with Crippen LogP contribution in [-0.2, 0) is 26.1 Å². The summed E-state index contributed by atoms with van der Waals surface area (Å²) in [6, 6.07) is 4.98. The number of amides is 1. The van der Waals surface area contributed by atoms with Gasteiger partial charge in [-0.25, -0.2) is 12.8 Å². The Morgan fingerprint density at radius 3 is 2.50 bits per heavy atom. The van der Waals surface area contributed by atoms with Gasteiger partial charge < -0.3 is 14.5 Å². The smallest absolute Gasteiger partial charge is 0.219 e. The summed E-state index contributed by atoms with van der Waals surface area (Å²) in [7, 11) is -3.37. The molecule has 154 valence electrons. The SMILES string of the molecule is CC(=O)N1CCN(c2ccc(CN3CC4(CCS3(=O)=O)COC4)c(F)c2)CC1. The summed E-state index contributed by atoms with van der Waals surface area (Å²) in [4.78, 5) is 15.3. The van der Waals surface area contributed by atoms with Gasteiger partial charge in [-0.2, -0.15) is 4.31 Å². The van der Waals surface area contributed by atoms with Crippen molar-refractivity contribution in [1.82, 2.24) is 9.21 Å². The highest BCUT2D eigenvalue weighted by Crippen LogP contribution is 2.38. The molecule has 3 fully saturated rings. The Morgan fingerprint density at radius 1 is 1.21 bits per heavy atom. The number of ether oxygens (including phenoxy) is 1. The molecule has 1 aromatic carbocycles. The van der Waals surface area contributed by atoms with Crippen molar-refractivity contribution < 1.29 is 22.3 Å². The van der Waals surface area contributed by atoms with Gasteiger partial charge in [0.1, 0.15) is 5.82 Å².